The Morgan fingerprint density at radius 2 is 1.31 bits per heavy atom. The average Bonchev–Trinajstić information content (AvgIpc) is 3.60. The molecule has 5 saturated carbocycles. The number of ether oxygens (including phenoxy) is 7. The van der Waals surface area contributed by atoms with Crippen molar-refractivity contribution in [3.63, 3.8) is 0 Å². The van der Waals surface area contributed by atoms with Gasteiger partial charge < -0.3 is 89.3 Å². The van der Waals surface area contributed by atoms with Gasteiger partial charge in [0.1, 0.15) is 61.0 Å². The molecule has 9 aliphatic rings. The normalized spacial score (nSPS) is 58.7. The Morgan fingerprint density at radius 3 is 1.95 bits per heavy atom. The predicted molar refractivity (Wildman–Crippen MR) is 225 cm³/mol. The quantitative estimate of drug-likeness (QED) is 0.131. The number of aliphatic hydroxyl groups excluding tert-OH is 10. The van der Waals surface area contributed by atoms with Gasteiger partial charge in [-0.1, -0.05) is 27.7 Å². The van der Waals surface area contributed by atoms with Crippen molar-refractivity contribution in [2.45, 2.75) is 235 Å². The molecule has 4 heterocycles. The molecule has 4 aliphatic heterocycles. The van der Waals surface area contributed by atoms with E-state index in [1.807, 2.05) is 0 Å². The van der Waals surface area contributed by atoms with Gasteiger partial charge in [0.25, 0.3) is 0 Å². The van der Waals surface area contributed by atoms with Crippen LogP contribution in [0.15, 0.2) is 0 Å². The molecule has 0 radical (unpaired) electrons. The first-order chi connectivity index (χ1) is 30.2. The molecule has 0 aromatic carbocycles. The summed E-state index contributed by atoms with van der Waals surface area (Å²) in [6, 6.07) is 0. The van der Waals surface area contributed by atoms with Gasteiger partial charge in [-0.25, -0.2) is 0 Å². The summed E-state index contributed by atoms with van der Waals surface area (Å²) in [5.41, 5.74) is -3.65. The van der Waals surface area contributed by atoms with Crippen LogP contribution in [0.3, 0.4) is 0 Å². The molecule has 11 N–H and O–H groups in total. The van der Waals surface area contributed by atoms with Crippen LogP contribution in [0.4, 0.5) is 0 Å². The summed E-state index contributed by atoms with van der Waals surface area (Å²) >= 11 is 0. The van der Waals surface area contributed by atoms with Crippen molar-refractivity contribution in [1.29, 1.82) is 0 Å². The van der Waals surface area contributed by atoms with E-state index in [1.54, 1.807) is 13.8 Å². The van der Waals surface area contributed by atoms with Crippen molar-refractivity contribution < 1.29 is 89.3 Å². The van der Waals surface area contributed by atoms with Crippen LogP contribution in [0.5, 0.6) is 0 Å². The van der Waals surface area contributed by atoms with E-state index in [0.717, 1.165) is 19.3 Å². The molecule has 9 fully saturated rings. The standard InChI is InChI=1S/C47H78O18/c1-20-28(51)31(54)33(56)38(60-20)64-35-29(52)22(50)18-59-40(35)63-26-10-12-47-19-46(47)14-13-43(6)36(45(8)11-9-27(65-45)42(4,5)58)21(49)16-44(43,7)25(46)15-23(37(47)41(26,2)3)61-39-34(57)32(55)30(53)24(17-48)62-39/h20-40,48-58H,9-19H2,1-8H3/t20-,21-,22-,23-,24+,25-,26-,27-,28-,29-,30-,31+,32-,33+,34+,35+,36-,37-,38-,39+,40-,43+,44-,45+,46-,47+/m0/s1. The lowest BCUT2D eigenvalue weighted by Gasteiger charge is -2.65. The largest absolute Gasteiger partial charge is 0.394 e. The molecule has 0 aromatic heterocycles. The highest BCUT2D eigenvalue weighted by atomic mass is 16.8. The molecule has 4 saturated heterocycles. The lowest BCUT2D eigenvalue weighted by Crippen LogP contribution is -2.66. The minimum atomic E-state index is -1.69. The SMILES string of the molecule is C[C@@H]1O[C@@H](O[C@H]2[C@H](O[C@H]3CC[C@]45C[C@]46CC[C@]4(C)[C@@H]([C@@]7(C)CC[C@@H](C(C)(C)O)O7)[C@@H](O)C[C@@]4(C)[C@@H]6C[C@H](O[C@@H]4O[C@H](CO)[C@H](O)[C@H](O)[C@H]4O)[C@H]5C3(C)C)OC[C@H](O)[C@@H]2O)[C@H](O)[C@H](O)[C@H]1O. The zero-order valence-electron chi connectivity index (χ0n) is 39.2. The first kappa shape index (κ1) is 49.3. The zero-order chi connectivity index (χ0) is 47.4. The van der Waals surface area contributed by atoms with Crippen LogP contribution >= 0.6 is 0 Å². The smallest absolute Gasteiger partial charge is 0.187 e. The van der Waals surface area contributed by atoms with Gasteiger partial charge in [0.05, 0.1) is 54.9 Å². The van der Waals surface area contributed by atoms with Crippen molar-refractivity contribution in [1.82, 2.24) is 0 Å². The van der Waals surface area contributed by atoms with Crippen LogP contribution < -0.4 is 0 Å². The van der Waals surface area contributed by atoms with Crippen molar-refractivity contribution >= 4 is 0 Å². The summed E-state index contributed by atoms with van der Waals surface area (Å²) in [7, 11) is 0. The third-order valence-corrected chi connectivity index (χ3v) is 19.7. The summed E-state index contributed by atoms with van der Waals surface area (Å²) < 4.78 is 44.5. The molecule has 18 heteroatoms. The Bertz CT molecular complexity index is 1750. The fourth-order valence-electron chi connectivity index (χ4n) is 16.3. The number of fused-ring (bicyclic) bond motifs is 2. The zero-order valence-corrected chi connectivity index (χ0v) is 39.2. The second-order valence-electron chi connectivity index (χ2n) is 23.8. The maximum Gasteiger partial charge on any atom is 0.187 e. The van der Waals surface area contributed by atoms with Gasteiger partial charge in [-0.2, -0.15) is 0 Å². The Balaban J connectivity index is 1.04. The van der Waals surface area contributed by atoms with Gasteiger partial charge in [-0.3, -0.25) is 0 Å². The van der Waals surface area contributed by atoms with E-state index in [-0.39, 0.29) is 46.7 Å². The Labute approximate surface area is 381 Å². The Morgan fingerprint density at radius 1 is 0.646 bits per heavy atom. The van der Waals surface area contributed by atoms with E-state index < -0.39 is 133 Å². The molecule has 0 aromatic rings. The van der Waals surface area contributed by atoms with Crippen molar-refractivity contribution in [3.8, 4) is 0 Å². The molecule has 18 nitrogen and oxygen atoms in total. The Hall–Kier alpha value is -0.720. The number of rotatable bonds is 9. The van der Waals surface area contributed by atoms with Crippen molar-refractivity contribution in [3.05, 3.63) is 0 Å². The molecule has 0 amide bonds. The lowest BCUT2D eigenvalue weighted by atomic mass is 9.41. The van der Waals surface area contributed by atoms with Crippen LogP contribution in [0.25, 0.3) is 0 Å². The van der Waals surface area contributed by atoms with E-state index in [2.05, 4.69) is 34.6 Å². The summed E-state index contributed by atoms with van der Waals surface area (Å²) in [6.45, 7) is 15.1. The highest BCUT2D eigenvalue weighted by molar-refractivity contribution is 5.33. The highest BCUT2D eigenvalue weighted by Gasteiger charge is 2.85. The van der Waals surface area contributed by atoms with Gasteiger partial charge >= 0.3 is 0 Å². The number of hydrogen-bond acceptors (Lipinski definition) is 18. The van der Waals surface area contributed by atoms with E-state index in [0.29, 0.717) is 38.5 Å². The molecule has 0 bridgehead atoms. The molecule has 2 spiro atoms. The second kappa shape index (κ2) is 16.4. The van der Waals surface area contributed by atoms with Crippen LogP contribution in [-0.2, 0) is 33.2 Å². The van der Waals surface area contributed by atoms with Gasteiger partial charge in [-0.05, 0) is 124 Å². The first-order valence-corrected chi connectivity index (χ1v) is 24.2. The maximum absolute atomic E-state index is 12.3. The van der Waals surface area contributed by atoms with Crippen LogP contribution in [0.1, 0.15) is 113 Å². The summed E-state index contributed by atoms with van der Waals surface area (Å²) in [5.74, 6) is -0.425. The third-order valence-electron chi connectivity index (χ3n) is 19.7. The van der Waals surface area contributed by atoms with E-state index in [4.69, 9.17) is 33.2 Å². The van der Waals surface area contributed by atoms with E-state index in [1.165, 1.54) is 6.92 Å². The molecule has 26 atom stereocenters. The van der Waals surface area contributed by atoms with Gasteiger partial charge in [0, 0.05) is 5.92 Å². The molecule has 5 aliphatic carbocycles. The van der Waals surface area contributed by atoms with E-state index in [9.17, 15) is 56.2 Å². The fourth-order valence-corrected chi connectivity index (χ4v) is 16.3. The van der Waals surface area contributed by atoms with Gasteiger partial charge in [-0.15, -0.1) is 0 Å². The highest BCUT2D eigenvalue weighted by Crippen LogP contribution is 2.89. The summed E-state index contributed by atoms with van der Waals surface area (Å²) in [5, 5.41) is 120. The van der Waals surface area contributed by atoms with E-state index >= 15 is 0 Å². The number of hydrogen-bond donors (Lipinski definition) is 11. The molecule has 374 valence electrons. The summed E-state index contributed by atoms with van der Waals surface area (Å²) in [4.78, 5) is 0. The topological polar surface area (TPSA) is 287 Å². The molecule has 0 unspecified atom stereocenters. The average molecular weight is 931 g/mol. The maximum atomic E-state index is 12.3. The monoisotopic (exact) mass is 931 g/mol. The number of aliphatic hydroxyl groups is 11. The summed E-state index contributed by atoms with van der Waals surface area (Å²) in [6.07, 6.45) is -16.0. The van der Waals surface area contributed by atoms with Crippen LogP contribution in [0, 0.1) is 44.8 Å². The Kier molecular flexibility index (Phi) is 12.4. The van der Waals surface area contributed by atoms with Crippen molar-refractivity contribution in [2.75, 3.05) is 13.2 Å². The molecular weight excluding hydrogens is 852 g/mol. The molecular formula is C47H78O18. The lowest BCUT2D eigenvalue weighted by molar-refractivity contribution is -0.366. The molecule has 65 heavy (non-hydrogen) atoms. The van der Waals surface area contributed by atoms with Crippen molar-refractivity contribution in [2.24, 2.45) is 44.8 Å². The van der Waals surface area contributed by atoms with Gasteiger partial charge in [0.15, 0.2) is 18.9 Å². The minimum absolute atomic E-state index is 0.0390. The fraction of sp³-hybridized carbons (Fsp3) is 1.00. The second-order valence-corrected chi connectivity index (χ2v) is 23.8. The third kappa shape index (κ3) is 7.23. The van der Waals surface area contributed by atoms with Crippen LogP contribution in [0.2, 0.25) is 0 Å². The minimum Gasteiger partial charge on any atom is -0.394 e. The first-order valence-electron chi connectivity index (χ1n) is 24.2. The predicted octanol–water partition coefficient (Wildman–Crippen LogP) is -0.424. The van der Waals surface area contributed by atoms with Gasteiger partial charge in [0.2, 0.25) is 0 Å². The molecule has 9 rings (SSSR count). The van der Waals surface area contributed by atoms with Crippen LogP contribution in [-0.4, -0.2) is 191 Å².